The summed E-state index contributed by atoms with van der Waals surface area (Å²) in [6.07, 6.45) is 7.82. The van der Waals surface area contributed by atoms with Gasteiger partial charge in [-0.1, -0.05) is 36.4 Å². The Bertz CT molecular complexity index is 1310. The Balaban J connectivity index is 1.46. The molecule has 3 fully saturated rings. The van der Waals surface area contributed by atoms with E-state index in [4.69, 9.17) is 4.74 Å². The first kappa shape index (κ1) is 29.3. The fraction of sp³-hybridized carbons (Fsp3) is 0.567. The normalized spacial score (nSPS) is 27.2. The van der Waals surface area contributed by atoms with E-state index in [0.717, 1.165) is 36.7 Å². The maximum absolute atomic E-state index is 14.6. The molecule has 4 heterocycles. The molecule has 3 saturated heterocycles. The maximum Gasteiger partial charge on any atom is 0.310 e. The number of rotatable bonds is 14. The summed E-state index contributed by atoms with van der Waals surface area (Å²) in [4.78, 5) is 45.4. The van der Waals surface area contributed by atoms with E-state index in [9.17, 15) is 19.5 Å². The lowest BCUT2D eigenvalue weighted by Crippen LogP contribution is -2.57. The molecule has 5 rings (SSSR count). The van der Waals surface area contributed by atoms with Crippen molar-refractivity contribution in [3.63, 3.8) is 0 Å². The number of esters is 1. The molecule has 1 N–H and O–H groups in total. The second-order valence-corrected chi connectivity index (χ2v) is 12.7. The molecule has 1 aromatic carbocycles. The maximum atomic E-state index is 14.6. The van der Waals surface area contributed by atoms with Crippen LogP contribution >= 0.6 is 11.8 Å². The number of ether oxygens (including phenoxy) is 1. The molecule has 2 amide bonds. The van der Waals surface area contributed by atoms with Crippen molar-refractivity contribution in [2.24, 2.45) is 11.8 Å². The van der Waals surface area contributed by atoms with E-state index >= 15 is 0 Å². The second-order valence-electron chi connectivity index (χ2n) is 11.1. The molecule has 2 bridgehead atoms. The number of nitrogens with zero attached hydrogens (tertiary/aromatic N) is 5. The van der Waals surface area contributed by atoms with Gasteiger partial charge in [-0.05, 0) is 50.7 Å². The number of carbonyl (C=O) groups excluding carboxylic acids is 3. The van der Waals surface area contributed by atoms with Crippen molar-refractivity contribution in [1.82, 2.24) is 24.8 Å². The highest BCUT2D eigenvalue weighted by atomic mass is 32.2. The average molecular weight is 582 g/mol. The highest BCUT2D eigenvalue weighted by Gasteiger charge is 2.74. The van der Waals surface area contributed by atoms with Gasteiger partial charge in [-0.25, -0.2) is 4.68 Å². The van der Waals surface area contributed by atoms with Gasteiger partial charge >= 0.3 is 5.97 Å². The molecule has 1 spiro atoms. The van der Waals surface area contributed by atoms with Crippen LogP contribution < -0.4 is 0 Å². The van der Waals surface area contributed by atoms with Crippen molar-refractivity contribution in [2.45, 2.75) is 74.2 Å². The van der Waals surface area contributed by atoms with Crippen molar-refractivity contribution in [2.75, 3.05) is 19.8 Å². The van der Waals surface area contributed by atoms with E-state index in [1.165, 1.54) is 0 Å². The van der Waals surface area contributed by atoms with Gasteiger partial charge in [0.1, 0.15) is 18.2 Å². The zero-order valence-electron chi connectivity index (χ0n) is 23.6. The molecule has 41 heavy (non-hydrogen) atoms. The first-order chi connectivity index (χ1) is 19.9. The minimum Gasteiger partial charge on any atom is -0.465 e. The SMILES string of the molecule is C=CCCCCOC(=O)[C@@H]1[C@H]2C(=O)N([C@@H](CC)CO)C(C(=O)N(CC=C)Cn3nnc4ccccc43)C23CC[C@H]1S3. The lowest BCUT2D eigenvalue weighted by atomic mass is 9.71. The Labute approximate surface area is 244 Å². The van der Waals surface area contributed by atoms with Crippen LogP contribution in [0.3, 0.4) is 0 Å². The number of benzene rings is 1. The molecule has 220 valence electrons. The molecule has 2 aromatic rings. The minimum absolute atomic E-state index is 0.0802. The van der Waals surface area contributed by atoms with Gasteiger partial charge < -0.3 is 19.6 Å². The molecule has 0 radical (unpaired) electrons. The third-order valence-electron chi connectivity index (χ3n) is 8.75. The predicted molar refractivity (Wildman–Crippen MR) is 157 cm³/mol. The van der Waals surface area contributed by atoms with E-state index < -0.39 is 28.7 Å². The molecule has 10 nitrogen and oxygen atoms in total. The molecular weight excluding hydrogens is 542 g/mol. The van der Waals surface area contributed by atoms with Crippen LogP contribution in [0.5, 0.6) is 0 Å². The number of likely N-dealkylation sites (tertiary alicyclic amines) is 1. The summed E-state index contributed by atoms with van der Waals surface area (Å²) >= 11 is 1.60. The van der Waals surface area contributed by atoms with Crippen LogP contribution in [0.4, 0.5) is 0 Å². The number of allylic oxidation sites excluding steroid dienone is 1. The highest BCUT2D eigenvalue weighted by Crippen LogP contribution is 2.67. The Kier molecular flexibility index (Phi) is 8.84. The standard InChI is InChI=1S/C30H39N5O5S/c1-4-7-8-11-17-40-29(39)24-23-14-15-30(41-23)25(24)27(37)35(20(6-3)18-36)26(30)28(38)33(16-5-2)19-34-22-13-10-9-12-21(22)31-32-34/h4-5,9-10,12-13,20,23-26,36H,1-2,6-8,11,14-19H2,3H3/t20-,23+,24-,25-,26?,30?/m0/s1. The van der Waals surface area contributed by atoms with Gasteiger partial charge in [-0.2, -0.15) is 0 Å². The number of amides is 2. The lowest BCUT2D eigenvalue weighted by molar-refractivity contribution is -0.154. The van der Waals surface area contributed by atoms with Crippen LogP contribution in [0.2, 0.25) is 0 Å². The monoisotopic (exact) mass is 581 g/mol. The summed E-state index contributed by atoms with van der Waals surface area (Å²) in [7, 11) is 0. The number of hydrogen-bond acceptors (Lipinski definition) is 8. The van der Waals surface area contributed by atoms with Crippen LogP contribution in [0.25, 0.3) is 11.0 Å². The molecule has 11 heteroatoms. The molecule has 1 aromatic heterocycles. The quantitative estimate of drug-likeness (QED) is 0.205. The Hall–Kier alpha value is -3.18. The van der Waals surface area contributed by atoms with Gasteiger partial charge in [-0.15, -0.1) is 30.0 Å². The zero-order chi connectivity index (χ0) is 29.1. The van der Waals surface area contributed by atoms with E-state index in [0.29, 0.717) is 19.4 Å². The van der Waals surface area contributed by atoms with Crippen LogP contribution in [0.1, 0.15) is 45.4 Å². The first-order valence-electron chi connectivity index (χ1n) is 14.5. The summed E-state index contributed by atoms with van der Waals surface area (Å²) in [5.41, 5.74) is 1.51. The fourth-order valence-electron chi connectivity index (χ4n) is 6.83. The molecule has 0 aliphatic carbocycles. The number of carbonyl (C=O) groups is 3. The van der Waals surface area contributed by atoms with Gasteiger partial charge in [0.15, 0.2) is 0 Å². The van der Waals surface area contributed by atoms with Crippen molar-refractivity contribution in [1.29, 1.82) is 0 Å². The number of aromatic nitrogens is 3. The molecule has 3 aliphatic heterocycles. The number of para-hydroxylation sites is 1. The molecule has 6 atom stereocenters. The fourth-order valence-corrected chi connectivity index (χ4v) is 9.02. The van der Waals surface area contributed by atoms with Crippen molar-refractivity contribution in [3.05, 3.63) is 49.6 Å². The third kappa shape index (κ3) is 5.07. The topological polar surface area (TPSA) is 118 Å². The van der Waals surface area contributed by atoms with Crippen molar-refractivity contribution >= 4 is 40.6 Å². The summed E-state index contributed by atoms with van der Waals surface area (Å²) in [6.45, 7) is 9.89. The number of aliphatic hydroxyl groups excluding tert-OH is 1. The van der Waals surface area contributed by atoms with Crippen molar-refractivity contribution < 1.29 is 24.2 Å². The van der Waals surface area contributed by atoms with Crippen LogP contribution in [0.15, 0.2) is 49.6 Å². The Morgan fingerprint density at radius 1 is 1.29 bits per heavy atom. The first-order valence-corrected chi connectivity index (χ1v) is 15.4. The van der Waals surface area contributed by atoms with E-state index in [-0.39, 0.29) is 42.9 Å². The number of aliphatic hydroxyl groups is 1. The summed E-state index contributed by atoms with van der Waals surface area (Å²) < 4.78 is 6.59. The van der Waals surface area contributed by atoms with E-state index in [1.54, 1.807) is 32.3 Å². The number of thioether (sulfide) groups is 1. The molecule has 2 unspecified atom stereocenters. The smallest absolute Gasteiger partial charge is 0.310 e. The van der Waals surface area contributed by atoms with Crippen LogP contribution in [-0.4, -0.2) is 89.5 Å². The van der Waals surface area contributed by atoms with E-state index in [1.807, 2.05) is 37.3 Å². The van der Waals surface area contributed by atoms with Crippen LogP contribution in [0, 0.1) is 11.8 Å². The Morgan fingerprint density at radius 3 is 2.83 bits per heavy atom. The summed E-state index contributed by atoms with van der Waals surface area (Å²) in [6, 6.07) is 6.16. The Morgan fingerprint density at radius 2 is 2.10 bits per heavy atom. The second kappa shape index (κ2) is 12.4. The number of fused-ring (bicyclic) bond motifs is 2. The zero-order valence-corrected chi connectivity index (χ0v) is 24.4. The van der Waals surface area contributed by atoms with Gasteiger partial charge in [0.25, 0.3) is 0 Å². The highest BCUT2D eigenvalue weighted by molar-refractivity contribution is 8.02. The number of hydrogen-bond donors (Lipinski definition) is 1. The summed E-state index contributed by atoms with van der Waals surface area (Å²) in [5.74, 6) is -2.11. The molecule has 3 aliphatic rings. The largest absolute Gasteiger partial charge is 0.465 e. The summed E-state index contributed by atoms with van der Waals surface area (Å²) in [5, 5.41) is 18.7. The van der Waals surface area contributed by atoms with E-state index in [2.05, 4.69) is 23.5 Å². The number of unbranched alkanes of at least 4 members (excludes halogenated alkanes) is 2. The van der Waals surface area contributed by atoms with Gasteiger partial charge in [0, 0.05) is 11.8 Å². The van der Waals surface area contributed by atoms with Crippen molar-refractivity contribution in [3.8, 4) is 0 Å². The lowest BCUT2D eigenvalue weighted by Gasteiger charge is -2.39. The molecular formula is C30H39N5O5S. The van der Waals surface area contributed by atoms with Crippen LogP contribution in [-0.2, 0) is 25.8 Å². The molecule has 0 saturated carbocycles. The average Bonchev–Trinajstić information content (AvgIpc) is 3.73. The predicted octanol–water partition coefficient (Wildman–Crippen LogP) is 3.17. The van der Waals surface area contributed by atoms with Gasteiger partial charge in [-0.3, -0.25) is 14.4 Å². The third-order valence-corrected chi connectivity index (χ3v) is 10.7. The minimum atomic E-state index is -0.827. The van der Waals surface area contributed by atoms with Gasteiger partial charge in [0.2, 0.25) is 11.8 Å². The van der Waals surface area contributed by atoms with Gasteiger partial charge in [0.05, 0.1) is 41.4 Å².